The van der Waals surface area contributed by atoms with E-state index < -0.39 is 6.10 Å². The molecule has 6 nitrogen and oxygen atoms in total. The molecular formula is C66H112O6. The second-order valence-corrected chi connectivity index (χ2v) is 20.0. The van der Waals surface area contributed by atoms with E-state index in [1.807, 2.05) is 24.3 Å². The molecule has 0 amide bonds. The van der Waals surface area contributed by atoms with Gasteiger partial charge in [-0.2, -0.15) is 0 Å². The molecule has 1 atom stereocenters. The Balaban J connectivity index is 4.49. The topological polar surface area (TPSA) is 78.9 Å². The maximum Gasteiger partial charge on any atom is 0.306 e. The average Bonchev–Trinajstić information content (AvgIpc) is 3.38. The molecule has 0 rings (SSSR count). The monoisotopic (exact) mass is 1000 g/mol. The average molecular weight is 1000 g/mol. The molecule has 0 heterocycles. The predicted molar refractivity (Wildman–Crippen MR) is 311 cm³/mol. The molecule has 1 unspecified atom stereocenters. The lowest BCUT2D eigenvalue weighted by molar-refractivity contribution is -0.167. The van der Waals surface area contributed by atoms with E-state index in [0.717, 1.165) is 83.5 Å². The number of carbonyl (C=O) groups excluding carboxylic acids is 3. The summed E-state index contributed by atoms with van der Waals surface area (Å²) in [7, 11) is 0. The fraction of sp³-hybridized carbons (Fsp3) is 0.712. The number of carbonyl (C=O) groups is 3. The summed E-state index contributed by atoms with van der Waals surface area (Å²) in [6.07, 6.45) is 79.7. The molecule has 0 fully saturated rings. The first-order chi connectivity index (χ1) is 35.5. The van der Waals surface area contributed by atoms with Crippen LogP contribution in [0.4, 0.5) is 0 Å². The van der Waals surface area contributed by atoms with Crippen molar-refractivity contribution in [2.75, 3.05) is 13.2 Å². The minimum absolute atomic E-state index is 0.102. The van der Waals surface area contributed by atoms with Crippen molar-refractivity contribution in [3.8, 4) is 0 Å². The van der Waals surface area contributed by atoms with Crippen LogP contribution in [0.3, 0.4) is 0 Å². The molecule has 0 aromatic carbocycles. The maximum atomic E-state index is 12.9. The lowest BCUT2D eigenvalue weighted by Crippen LogP contribution is -2.30. The molecule has 0 saturated carbocycles. The number of ether oxygens (including phenoxy) is 3. The van der Waals surface area contributed by atoms with Gasteiger partial charge in [-0.05, 0) is 70.6 Å². The van der Waals surface area contributed by atoms with Crippen molar-refractivity contribution < 1.29 is 28.6 Å². The van der Waals surface area contributed by atoms with Gasteiger partial charge in [-0.1, -0.05) is 291 Å². The fourth-order valence-electron chi connectivity index (χ4n) is 8.37. The lowest BCUT2D eigenvalue weighted by atomic mass is 10.0. The smallest absolute Gasteiger partial charge is 0.306 e. The Morgan fingerprint density at radius 3 is 1.01 bits per heavy atom. The van der Waals surface area contributed by atoms with E-state index in [0.29, 0.717) is 12.8 Å². The van der Waals surface area contributed by atoms with Gasteiger partial charge in [-0.3, -0.25) is 14.4 Å². The van der Waals surface area contributed by atoms with Crippen LogP contribution in [0, 0.1) is 0 Å². The third-order valence-corrected chi connectivity index (χ3v) is 12.9. The van der Waals surface area contributed by atoms with E-state index in [-0.39, 0.29) is 44.0 Å². The number of allylic oxidation sites excluding steroid dienone is 16. The second kappa shape index (κ2) is 59.9. The van der Waals surface area contributed by atoms with Gasteiger partial charge in [-0.25, -0.2) is 0 Å². The summed E-state index contributed by atoms with van der Waals surface area (Å²) in [6.45, 7) is 6.51. The Morgan fingerprint density at radius 1 is 0.292 bits per heavy atom. The molecule has 0 radical (unpaired) electrons. The number of rotatable bonds is 54. The molecule has 0 aromatic rings. The first kappa shape index (κ1) is 68.3. The Morgan fingerprint density at radius 2 is 0.597 bits per heavy atom. The first-order valence-electron chi connectivity index (χ1n) is 30.3. The van der Waals surface area contributed by atoms with Crippen molar-refractivity contribution in [3.05, 3.63) is 97.2 Å². The summed E-state index contributed by atoms with van der Waals surface area (Å²) < 4.78 is 16.8. The number of esters is 3. The van der Waals surface area contributed by atoms with Crippen molar-refractivity contribution in [1.29, 1.82) is 0 Å². The Hall–Kier alpha value is -3.67. The van der Waals surface area contributed by atoms with E-state index in [4.69, 9.17) is 14.2 Å². The minimum atomic E-state index is -0.812. The van der Waals surface area contributed by atoms with Crippen LogP contribution in [0.15, 0.2) is 97.2 Å². The molecular weight excluding hydrogens is 889 g/mol. The highest BCUT2D eigenvalue weighted by Crippen LogP contribution is 2.16. The van der Waals surface area contributed by atoms with Crippen LogP contribution >= 0.6 is 0 Å². The standard InChI is InChI=1S/C66H112O6/c1-4-7-10-13-16-19-22-25-28-31-33-36-38-41-44-47-50-53-56-59-65(68)71-62-63(61-70-64(67)58-55-52-49-46-43-40-37-34-30-27-24-21-18-15-12-9-6-3)72-66(69)60-57-54-51-48-45-42-39-35-32-29-26-23-20-17-14-11-8-5-2/h11,14,17,20,23,26-27,29-30,32,35,37,39-40,46,49,63H,4-10,12-13,15-16,18-19,21-22,24-25,28,31,33-34,36,38,41-45,47-48,50-62H2,1-3H3/b14-11-,20-17-,26-23-,30-27-,32-29-,39-35-,40-37-,49-46-. The van der Waals surface area contributed by atoms with E-state index >= 15 is 0 Å². The highest BCUT2D eigenvalue weighted by atomic mass is 16.6. The van der Waals surface area contributed by atoms with Crippen LogP contribution in [0.25, 0.3) is 0 Å². The predicted octanol–water partition coefficient (Wildman–Crippen LogP) is 20.5. The molecule has 0 aliphatic heterocycles. The SMILES string of the molecule is CCC\C=C/C=C\C=C/C=C\C=C/CCCCCCCC(=O)OC(COC(=O)CCC/C=C\C/C=C\C/C=C\CCCCCCCC)COC(=O)CCCCCCCCCCCCCCCCCCCCC. The van der Waals surface area contributed by atoms with Gasteiger partial charge in [0, 0.05) is 19.3 Å². The highest BCUT2D eigenvalue weighted by Gasteiger charge is 2.19. The largest absolute Gasteiger partial charge is 0.462 e. The third kappa shape index (κ3) is 57.2. The molecule has 72 heavy (non-hydrogen) atoms. The van der Waals surface area contributed by atoms with Gasteiger partial charge in [0.25, 0.3) is 0 Å². The summed E-state index contributed by atoms with van der Waals surface area (Å²) in [5.74, 6) is -0.974. The second-order valence-electron chi connectivity index (χ2n) is 20.0. The van der Waals surface area contributed by atoms with Gasteiger partial charge in [0.1, 0.15) is 13.2 Å². The van der Waals surface area contributed by atoms with E-state index in [1.165, 1.54) is 154 Å². The van der Waals surface area contributed by atoms with Gasteiger partial charge in [0.15, 0.2) is 6.10 Å². The van der Waals surface area contributed by atoms with Crippen molar-refractivity contribution in [2.45, 2.75) is 290 Å². The number of unbranched alkanes of at least 4 members (excludes halogenated alkanes) is 31. The Kier molecular flexibility index (Phi) is 56.8. The minimum Gasteiger partial charge on any atom is -0.462 e. The van der Waals surface area contributed by atoms with Crippen LogP contribution in [0.2, 0.25) is 0 Å². The summed E-state index contributed by atoms with van der Waals surface area (Å²) in [6, 6.07) is 0. The molecule has 0 spiro atoms. The molecule has 6 heteroatoms. The van der Waals surface area contributed by atoms with Crippen molar-refractivity contribution in [2.24, 2.45) is 0 Å². The Bertz CT molecular complexity index is 1430. The summed E-state index contributed by atoms with van der Waals surface area (Å²) in [5.41, 5.74) is 0. The van der Waals surface area contributed by atoms with Crippen molar-refractivity contribution in [3.63, 3.8) is 0 Å². The van der Waals surface area contributed by atoms with Crippen molar-refractivity contribution >= 4 is 17.9 Å². The van der Waals surface area contributed by atoms with Crippen LogP contribution < -0.4 is 0 Å². The molecule has 0 N–H and O–H groups in total. The Labute approximate surface area is 445 Å². The zero-order valence-electron chi connectivity index (χ0n) is 47.2. The third-order valence-electron chi connectivity index (χ3n) is 12.9. The van der Waals surface area contributed by atoms with Gasteiger partial charge in [-0.15, -0.1) is 0 Å². The normalized spacial score (nSPS) is 12.8. The number of hydrogen-bond donors (Lipinski definition) is 0. The molecule has 0 aliphatic carbocycles. The zero-order chi connectivity index (χ0) is 52.2. The molecule has 412 valence electrons. The molecule has 0 aromatic heterocycles. The van der Waals surface area contributed by atoms with Crippen LogP contribution in [-0.4, -0.2) is 37.2 Å². The van der Waals surface area contributed by atoms with Gasteiger partial charge in [0.05, 0.1) is 0 Å². The van der Waals surface area contributed by atoms with Crippen LogP contribution in [0.5, 0.6) is 0 Å². The molecule has 0 saturated heterocycles. The van der Waals surface area contributed by atoms with E-state index in [2.05, 4.69) is 93.7 Å². The zero-order valence-corrected chi connectivity index (χ0v) is 47.2. The highest BCUT2D eigenvalue weighted by molar-refractivity contribution is 5.71. The van der Waals surface area contributed by atoms with Crippen LogP contribution in [0.1, 0.15) is 284 Å². The van der Waals surface area contributed by atoms with Gasteiger partial charge < -0.3 is 14.2 Å². The van der Waals surface area contributed by atoms with E-state index in [1.54, 1.807) is 0 Å². The van der Waals surface area contributed by atoms with Crippen molar-refractivity contribution in [1.82, 2.24) is 0 Å². The van der Waals surface area contributed by atoms with E-state index in [9.17, 15) is 14.4 Å². The number of hydrogen-bond acceptors (Lipinski definition) is 6. The summed E-state index contributed by atoms with van der Waals surface area (Å²) in [4.78, 5) is 38.2. The molecule has 0 bridgehead atoms. The molecule has 0 aliphatic rings. The summed E-state index contributed by atoms with van der Waals surface area (Å²) >= 11 is 0. The van der Waals surface area contributed by atoms with Gasteiger partial charge in [0.2, 0.25) is 0 Å². The van der Waals surface area contributed by atoms with Crippen LogP contribution in [-0.2, 0) is 28.6 Å². The maximum absolute atomic E-state index is 12.9. The summed E-state index contributed by atoms with van der Waals surface area (Å²) in [5, 5.41) is 0. The fourth-order valence-corrected chi connectivity index (χ4v) is 8.37. The lowest BCUT2D eigenvalue weighted by Gasteiger charge is -2.18. The first-order valence-corrected chi connectivity index (χ1v) is 30.3. The quantitative estimate of drug-likeness (QED) is 0.0199. The van der Waals surface area contributed by atoms with Gasteiger partial charge >= 0.3 is 17.9 Å².